The van der Waals surface area contributed by atoms with Crippen LogP contribution in [0.15, 0.2) is 60.8 Å². The third-order valence-electron chi connectivity index (χ3n) is 5.40. The van der Waals surface area contributed by atoms with Crippen LogP contribution in [0.2, 0.25) is 5.02 Å². The molecule has 0 saturated carbocycles. The Kier molecular flexibility index (Phi) is 7.67. The molecule has 0 radical (unpaired) electrons. The average Bonchev–Trinajstić information content (AvgIpc) is 2.87. The Morgan fingerprint density at radius 3 is 2.56 bits per heavy atom. The lowest BCUT2D eigenvalue weighted by Gasteiger charge is -2.14. The van der Waals surface area contributed by atoms with E-state index in [4.69, 9.17) is 30.5 Å². The summed E-state index contributed by atoms with van der Waals surface area (Å²) in [6.07, 6.45) is 1.72. The molecular formula is C26H26ClN3O4. The monoisotopic (exact) mass is 479 g/mol. The first-order valence-electron chi connectivity index (χ1n) is 10.7. The Labute approximate surface area is 203 Å². The van der Waals surface area contributed by atoms with Gasteiger partial charge in [-0.3, -0.25) is 0 Å². The fourth-order valence-electron chi connectivity index (χ4n) is 3.65. The molecule has 34 heavy (non-hydrogen) atoms. The minimum Gasteiger partial charge on any atom is -0.497 e. The SMILES string of the molecule is COCCOc1ccc(Cl)cc1-c1ccc2c(NCc3ccc(OC)cc3OC)cnnc2c1. The molecule has 0 aliphatic carbocycles. The molecule has 4 rings (SSSR count). The van der Waals surface area contributed by atoms with Crippen molar-refractivity contribution >= 4 is 28.2 Å². The fraction of sp³-hybridized carbons (Fsp3) is 0.231. The minimum absolute atomic E-state index is 0.446. The smallest absolute Gasteiger partial charge is 0.127 e. The highest BCUT2D eigenvalue weighted by atomic mass is 35.5. The van der Waals surface area contributed by atoms with E-state index in [9.17, 15) is 0 Å². The summed E-state index contributed by atoms with van der Waals surface area (Å²) >= 11 is 6.28. The molecular weight excluding hydrogens is 454 g/mol. The number of nitrogens with zero attached hydrogens (tertiary/aromatic N) is 2. The zero-order chi connectivity index (χ0) is 23.9. The normalized spacial score (nSPS) is 10.8. The number of nitrogens with one attached hydrogen (secondary N) is 1. The number of hydrogen-bond acceptors (Lipinski definition) is 7. The second-order valence-electron chi connectivity index (χ2n) is 7.50. The number of fused-ring (bicyclic) bond motifs is 1. The molecule has 7 nitrogen and oxygen atoms in total. The van der Waals surface area contributed by atoms with Crippen LogP contribution in [0.4, 0.5) is 5.69 Å². The topological polar surface area (TPSA) is 74.7 Å². The Morgan fingerprint density at radius 2 is 1.76 bits per heavy atom. The number of benzene rings is 3. The van der Waals surface area contributed by atoms with Crippen LogP contribution in [0.5, 0.6) is 17.2 Å². The standard InChI is InChI=1S/C26H26ClN3O4/c1-31-10-11-34-25-9-6-19(27)13-22(25)17-5-8-21-23(12-17)30-29-16-24(21)28-15-18-4-7-20(32-2)14-26(18)33-3/h4-9,12-14,16H,10-11,15H2,1-3H3,(H,28,30). The molecule has 1 heterocycles. The molecule has 176 valence electrons. The number of rotatable bonds is 10. The third-order valence-corrected chi connectivity index (χ3v) is 5.64. The molecule has 0 aliphatic heterocycles. The van der Waals surface area contributed by atoms with Gasteiger partial charge in [0.2, 0.25) is 0 Å². The van der Waals surface area contributed by atoms with Crippen molar-refractivity contribution in [3.63, 3.8) is 0 Å². The number of ether oxygens (including phenoxy) is 4. The predicted octanol–water partition coefficient (Wildman–Crippen LogP) is 5.60. The first kappa shape index (κ1) is 23.6. The number of anilines is 1. The summed E-state index contributed by atoms with van der Waals surface area (Å²) in [5, 5.41) is 13.6. The van der Waals surface area contributed by atoms with E-state index in [1.54, 1.807) is 27.5 Å². The molecule has 8 heteroatoms. The van der Waals surface area contributed by atoms with Gasteiger partial charge in [-0.05, 0) is 48.0 Å². The highest BCUT2D eigenvalue weighted by Crippen LogP contribution is 2.35. The van der Waals surface area contributed by atoms with Crippen molar-refractivity contribution in [3.05, 3.63) is 71.4 Å². The second-order valence-corrected chi connectivity index (χ2v) is 7.94. The molecule has 4 aromatic rings. The molecule has 0 amide bonds. The van der Waals surface area contributed by atoms with E-state index in [1.807, 2.05) is 54.6 Å². The van der Waals surface area contributed by atoms with E-state index < -0.39 is 0 Å². The predicted molar refractivity (Wildman–Crippen MR) is 134 cm³/mol. The lowest BCUT2D eigenvalue weighted by molar-refractivity contribution is 0.146. The number of hydrogen-bond donors (Lipinski definition) is 1. The molecule has 1 N–H and O–H groups in total. The molecule has 0 bridgehead atoms. The van der Waals surface area contributed by atoms with Gasteiger partial charge in [0.15, 0.2) is 0 Å². The molecule has 3 aromatic carbocycles. The highest BCUT2D eigenvalue weighted by Gasteiger charge is 2.12. The van der Waals surface area contributed by atoms with Crippen LogP contribution in [-0.4, -0.2) is 44.7 Å². The Hall–Kier alpha value is -3.55. The van der Waals surface area contributed by atoms with E-state index in [2.05, 4.69) is 15.5 Å². The Bertz CT molecular complexity index is 1280. The molecule has 0 saturated heterocycles. The molecule has 0 fully saturated rings. The van der Waals surface area contributed by atoms with Crippen LogP contribution in [-0.2, 0) is 11.3 Å². The lowest BCUT2D eigenvalue weighted by atomic mass is 10.0. The lowest BCUT2D eigenvalue weighted by Crippen LogP contribution is -2.05. The maximum atomic E-state index is 6.28. The number of aromatic nitrogens is 2. The van der Waals surface area contributed by atoms with E-state index in [1.165, 1.54) is 0 Å². The minimum atomic E-state index is 0.446. The fourth-order valence-corrected chi connectivity index (χ4v) is 3.82. The summed E-state index contributed by atoms with van der Waals surface area (Å²) in [5.41, 5.74) is 4.45. The van der Waals surface area contributed by atoms with Crippen molar-refractivity contribution in [1.82, 2.24) is 10.2 Å². The van der Waals surface area contributed by atoms with E-state index in [-0.39, 0.29) is 0 Å². The van der Waals surface area contributed by atoms with Crippen LogP contribution in [0, 0.1) is 0 Å². The van der Waals surface area contributed by atoms with E-state index >= 15 is 0 Å². The third kappa shape index (κ3) is 5.32. The van der Waals surface area contributed by atoms with Crippen molar-refractivity contribution in [2.45, 2.75) is 6.54 Å². The summed E-state index contributed by atoms with van der Waals surface area (Å²) in [6.45, 7) is 1.50. The van der Waals surface area contributed by atoms with Gasteiger partial charge < -0.3 is 24.3 Å². The van der Waals surface area contributed by atoms with Gasteiger partial charge in [0.1, 0.15) is 23.9 Å². The van der Waals surface area contributed by atoms with Gasteiger partial charge in [0, 0.05) is 41.3 Å². The summed E-state index contributed by atoms with van der Waals surface area (Å²) in [4.78, 5) is 0. The van der Waals surface area contributed by atoms with Crippen molar-refractivity contribution in [2.75, 3.05) is 39.9 Å². The summed E-state index contributed by atoms with van der Waals surface area (Å²) in [6, 6.07) is 17.3. The first-order chi connectivity index (χ1) is 16.6. The highest BCUT2D eigenvalue weighted by molar-refractivity contribution is 6.31. The zero-order valence-electron chi connectivity index (χ0n) is 19.3. The van der Waals surface area contributed by atoms with E-state index in [0.29, 0.717) is 24.8 Å². The van der Waals surface area contributed by atoms with Crippen LogP contribution in [0.1, 0.15) is 5.56 Å². The maximum absolute atomic E-state index is 6.28. The van der Waals surface area contributed by atoms with Crippen molar-refractivity contribution < 1.29 is 18.9 Å². The van der Waals surface area contributed by atoms with Gasteiger partial charge in [-0.1, -0.05) is 17.7 Å². The van der Waals surface area contributed by atoms with Gasteiger partial charge in [-0.15, -0.1) is 0 Å². The molecule has 0 atom stereocenters. The molecule has 0 unspecified atom stereocenters. The van der Waals surface area contributed by atoms with Crippen molar-refractivity contribution in [1.29, 1.82) is 0 Å². The average molecular weight is 480 g/mol. The molecule has 0 aliphatic rings. The van der Waals surface area contributed by atoms with Gasteiger partial charge >= 0.3 is 0 Å². The maximum Gasteiger partial charge on any atom is 0.127 e. The summed E-state index contributed by atoms with van der Waals surface area (Å²) in [7, 11) is 4.92. The van der Waals surface area contributed by atoms with Crippen LogP contribution in [0.25, 0.3) is 22.0 Å². The first-order valence-corrected chi connectivity index (χ1v) is 11.1. The number of halogens is 1. The van der Waals surface area contributed by atoms with Gasteiger partial charge in [-0.25, -0.2) is 0 Å². The Balaban J connectivity index is 1.61. The van der Waals surface area contributed by atoms with Crippen LogP contribution < -0.4 is 19.5 Å². The largest absolute Gasteiger partial charge is 0.497 e. The number of methoxy groups -OCH3 is 3. The molecule has 1 aromatic heterocycles. The summed E-state index contributed by atoms with van der Waals surface area (Å²) < 4.78 is 21.8. The van der Waals surface area contributed by atoms with Crippen molar-refractivity contribution in [3.8, 4) is 28.4 Å². The molecule has 0 spiro atoms. The zero-order valence-corrected chi connectivity index (χ0v) is 20.1. The van der Waals surface area contributed by atoms with Gasteiger partial charge in [-0.2, -0.15) is 10.2 Å². The summed E-state index contributed by atoms with van der Waals surface area (Å²) in [5.74, 6) is 2.23. The van der Waals surface area contributed by atoms with Crippen molar-refractivity contribution in [2.24, 2.45) is 0 Å². The van der Waals surface area contributed by atoms with Gasteiger partial charge in [0.25, 0.3) is 0 Å². The second kappa shape index (κ2) is 11.0. The van der Waals surface area contributed by atoms with E-state index in [0.717, 1.165) is 50.5 Å². The quantitative estimate of drug-likeness (QED) is 0.296. The van der Waals surface area contributed by atoms with Crippen LogP contribution >= 0.6 is 11.6 Å². The Morgan fingerprint density at radius 1 is 0.882 bits per heavy atom. The van der Waals surface area contributed by atoms with Crippen LogP contribution in [0.3, 0.4) is 0 Å². The van der Waals surface area contributed by atoms with Gasteiger partial charge in [0.05, 0.1) is 38.2 Å².